The van der Waals surface area contributed by atoms with Crippen molar-refractivity contribution in [2.45, 2.75) is 25.8 Å². The molecule has 2 aliphatic rings. The van der Waals surface area contributed by atoms with Gasteiger partial charge in [-0.25, -0.2) is 14.4 Å². The predicted molar refractivity (Wildman–Crippen MR) is 150 cm³/mol. The van der Waals surface area contributed by atoms with Crippen LogP contribution in [0.4, 0.5) is 22.0 Å². The Morgan fingerprint density at radius 1 is 1.00 bits per heavy atom. The quantitative estimate of drug-likeness (QED) is 0.437. The maximum atomic E-state index is 13.8. The third-order valence-corrected chi connectivity index (χ3v) is 7.67. The molecule has 5 rings (SSSR count). The molecule has 11 heteroatoms. The number of carbonyl (C=O) groups is 1. The van der Waals surface area contributed by atoms with Crippen LogP contribution in [0.3, 0.4) is 0 Å². The Hall–Kier alpha value is -3.17. The number of anilines is 3. The lowest BCUT2D eigenvalue weighted by Gasteiger charge is -2.37. The highest BCUT2D eigenvalue weighted by molar-refractivity contribution is 6.33. The number of aromatic nitrogens is 3. The molecule has 0 radical (unpaired) electrons. The molecule has 2 aromatic heterocycles. The lowest BCUT2D eigenvalue weighted by molar-refractivity contribution is 0.0827. The summed E-state index contributed by atoms with van der Waals surface area (Å²) in [6.07, 6.45) is 3.76. The zero-order chi connectivity index (χ0) is 27.0. The van der Waals surface area contributed by atoms with E-state index in [1.807, 2.05) is 6.07 Å². The van der Waals surface area contributed by atoms with Gasteiger partial charge >= 0.3 is 0 Å². The van der Waals surface area contributed by atoms with E-state index >= 15 is 0 Å². The number of rotatable bonds is 5. The molecule has 1 aromatic carbocycles. The molecule has 0 bridgehead atoms. The highest BCUT2D eigenvalue weighted by Crippen LogP contribution is 2.32. The van der Waals surface area contributed by atoms with Crippen molar-refractivity contribution in [3.05, 3.63) is 58.0 Å². The van der Waals surface area contributed by atoms with Crippen LogP contribution in [0.1, 0.15) is 30.1 Å². The van der Waals surface area contributed by atoms with Gasteiger partial charge in [0.1, 0.15) is 17.5 Å². The molecule has 2 aliphatic heterocycles. The molecular weight excluding hydrogens is 528 g/mol. The maximum absolute atomic E-state index is 13.8. The Bertz CT molecular complexity index is 1350. The van der Waals surface area contributed by atoms with Gasteiger partial charge in [0.2, 0.25) is 5.95 Å². The second-order valence-electron chi connectivity index (χ2n) is 9.93. The zero-order valence-electron chi connectivity index (χ0n) is 21.7. The predicted octanol–water partition coefficient (Wildman–Crippen LogP) is 5.00. The summed E-state index contributed by atoms with van der Waals surface area (Å²) in [7, 11) is 3.39. The molecule has 200 valence electrons. The van der Waals surface area contributed by atoms with Gasteiger partial charge in [0.25, 0.3) is 5.91 Å². The number of halogens is 3. The van der Waals surface area contributed by atoms with E-state index < -0.39 is 5.82 Å². The Kier molecular flexibility index (Phi) is 7.59. The van der Waals surface area contributed by atoms with E-state index in [9.17, 15) is 9.18 Å². The van der Waals surface area contributed by atoms with Gasteiger partial charge in [-0.15, -0.1) is 0 Å². The normalized spacial score (nSPS) is 17.7. The number of carbonyl (C=O) groups excluding carboxylic acids is 1. The van der Waals surface area contributed by atoms with Crippen LogP contribution in [-0.4, -0.2) is 78.6 Å². The Morgan fingerprint density at radius 2 is 1.74 bits per heavy atom. The van der Waals surface area contributed by atoms with Gasteiger partial charge < -0.3 is 19.6 Å². The number of hydrogen-bond donors (Lipinski definition) is 0. The average molecular weight is 558 g/mol. The van der Waals surface area contributed by atoms with Gasteiger partial charge in [0.15, 0.2) is 0 Å². The van der Waals surface area contributed by atoms with Gasteiger partial charge in [-0.2, -0.15) is 4.98 Å². The number of nitrogens with zero attached hydrogens (tertiary/aromatic N) is 7. The first-order valence-corrected chi connectivity index (χ1v) is 13.4. The Labute approximate surface area is 232 Å². The van der Waals surface area contributed by atoms with Gasteiger partial charge in [0, 0.05) is 70.7 Å². The highest BCUT2D eigenvalue weighted by atomic mass is 35.5. The number of piperazine rings is 1. The minimum atomic E-state index is -0.458. The van der Waals surface area contributed by atoms with Crippen molar-refractivity contribution in [3.8, 4) is 11.3 Å². The van der Waals surface area contributed by atoms with Crippen molar-refractivity contribution in [2.24, 2.45) is 0 Å². The van der Waals surface area contributed by atoms with Crippen LogP contribution in [0, 0.1) is 5.82 Å². The van der Waals surface area contributed by atoms with Crippen LogP contribution in [0.2, 0.25) is 10.0 Å². The van der Waals surface area contributed by atoms with Crippen molar-refractivity contribution >= 4 is 46.7 Å². The van der Waals surface area contributed by atoms with Gasteiger partial charge in [-0.1, -0.05) is 23.2 Å². The summed E-state index contributed by atoms with van der Waals surface area (Å²) in [5, 5.41) is 0.518. The van der Waals surface area contributed by atoms with Crippen LogP contribution in [0.5, 0.6) is 0 Å². The van der Waals surface area contributed by atoms with Crippen LogP contribution in [0.25, 0.3) is 11.3 Å². The first-order valence-electron chi connectivity index (χ1n) is 12.7. The zero-order valence-corrected chi connectivity index (χ0v) is 23.2. The Morgan fingerprint density at radius 3 is 2.37 bits per heavy atom. The van der Waals surface area contributed by atoms with Gasteiger partial charge in [-0.3, -0.25) is 4.79 Å². The van der Waals surface area contributed by atoms with Crippen molar-refractivity contribution in [1.29, 1.82) is 0 Å². The number of benzene rings is 1. The molecule has 4 heterocycles. The molecule has 1 atom stereocenters. The van der Waals surface area contributed by atoms with E-state index in [0.29, 0.717) is 60.3 Å². The molecule has 38 heavy (non-hydrogen) atoms. The minimum Gasteiger partial charge on any atom is -0.353 e. The SMILES string of the molecule is CC1CCCN1c1nc(-c2ccc(F)c(Cl)c2)cc(N2CCN(c3ncc(C(=O)N(C)C)cc3Cl)CC2)n1. The van der Waals surface area contributed by atoms with E-state index in [4.69, 9.17) is 33.2 Å². The minimum absolute atomic E-state index is 0.0649. The number of amides is 1. The molecule has 0 aliphatic carbocycles. The average Bonchev–Trinajstić information content (AvgIpc) is 3.35. The first kappa shape index (κ1) is 26.4. The number of pyridine rings is 1. The van der Waals surface area contributed by atoms with Crippen LogP contribution < -0.4 is 14.7 Å². The second kappa shape index (κ2) is 10.9. The van der Waals surface area contributed by atoms with Crippen molar-refractivity contribution < 1.29 is 9.18 Å². The van der Waals surface area contributed by atoms with E-state index in [0.717, 1.165) is 30.8 Å². The van der Waals surface area contributed by atoms with E-state index in [1.54, 1.807) is 38.5 Å². The van der Waals surface area contributed by atoms with Crippen molar-refractivity contribution in [2.75, 3.05) is 61.5 Å². The lowest BCUT2D eigenvalue weighted by atomic mass is 10.1. The summed E-state index contributed by atoms with van der Waals surface area (Å²) in [6.45, 7) is 5.86. The van der Waals surface area contributed by atoms with E-state index in [2.05, 4.69) is 26.6 Å². The molecule has 3 aromatic rings. The fourth-order valence-corrected chi connectivity index (χ4v) is 5.40. The van der Waals surface area contributed by atoms with Crippen LogP contribution in [-0.2, 0) is 0 Å². The van der Waals surface area contributed by atoms with Gasteiger partial charge in [-0.05, 0) is 44.0 Å². The lowest BCUT2D eigenvalue weighted by Crippen LogP contribution is -2.47. The third kappa shape index (κ3) is 5.35. The second-order valence-corrected chi connectivity index (χ2v) is 10.7. The molecular formula is C27H30Cl2FN7O. The third-order valence-electron chi connectivity index (χ3n) is 7.10. The maximum Gasteiger partial charge on any atom is 0.254 e. The number of hydrogen-bond acceptors (Lipinski definition) is 7. The summed E-state index contributed by atoms with van der Waals surface area (Å²) in [5.74, 6) is 1.56. The molecule has 1 amide bonds. The molecule has 0 N–H and O–H groups in total. The fraction of sp³-hybridized carbons (Fsp3) is 0.407. The molecule has 2 fully saturated rings. The summed E-state index contributed by atoms with van der Waals surface area (Å²) in [5.41, 5.74) is 1.91. The molecule has 2 saturated heterocycles. The summed E-state index contributed by atoms with van der Waals surface area (Å²) in [6, 6.07) is 8.63. The van der Waals surface area contributed by atoms with Gasteiger partial charge in [0.05, 0.1) is 21.3 Å². The summed E-state index contributed by atoms with van der Waals surface area (Å²) in [4.78, 5) is 34.6. The smallest absolute Gasteiger partial charge is 0.254 e. The summed E-state index contributed by atoms with van der Waals surface area (Å²) < 4.78 is 13.8. The standard InChI is InChI=1S/C27H30Cl2FN7O/c1-17-5-4-8-37(17)27-32-23(18-6-7-22(30)20(28)13-18)15-24(33-27)35-9-11-36(12-10-35)25-21(29)14-19(16-31-25)26(38)34(2)3/h6-7,13-17H,4-5,8-12H2,1-3H3. The van der Waals surface area contributed by atoms with E-state index in [1.165, 1.54) is 11.0 Å². The molecule has 0 spiro atoms. The van der Waals surface area contributed by atoms with Crippen LogP contribution >= 0.6 is 23.2 Å². The molecule has 0 saturated carbocycles. The van der Waals surface area contributed by atoms with Crippen LogP contribution in [0.15, 0.2) is 36.5 Å². The monoisotopic (exact) mass is 557 g/mol. The highest BCUT2D eigenvalue weighted by Gasteiger charge is 2.27. The van der Waals surface area contributed by atoms with E-state index in [-0.39, 0.29) is 10.9 Å². The molecule has 8 nitrogen and oxygen atoms in total. The molecule has 1 unspecified atom stereocenters. The summed E-state index contributed by atoms with van der Waals surface area (Å²) >= 11 is 12.6. The topological polar surface area (TPSA) is 68.7 Å². The van der Waals surface area contributed by atoms with Crippen molar-refractivity contribution in [3.63, 3.8) is 0 Å². The largest absolute Gasteiger partial charge is 0.353 e. The Balaban J connectivity index is 1.39. The first-order chi connectivity index (χ1) is 18.2. The van der Waals surface area contributed by atoms with Crippen molar-refractivity contribution in [1.82, 2.24) is 19.9 Å². The fourth-order valence-electron chi connectivity index (χ4n) is 4.93.